The van der Waals surface area contributed by atoms with Crippen LogP contribution in [0.5, 0.6) is 17.2 Å². The molecule has 0 aliphatic carbocycles. The fourth-order valence-electron chi connectivity index (χ4n) is 3.85. The van der Waals surface area contributed by atoms with Gasteiger partial charge in [0.2, 0.25) is 0 Å². The molecule has 1 heterocycles. The van der Waals surface area contributed by atoms with Crippen LogP contribution >= 0.6 is 0 Å². The topological polar surface area (TPSA) is 48.0 Å². The average Bonchev–Trinajstić information content (AvgIpc) is 3.28. The molecule has 1 fully saturated rings. The Balaban J connectivity index is 1.30. The molecule has 1 aliphatic heterocycles. The summed E-state index contributed by atoms with van der Waals surface area (Å²) in [4.78, 5) is 14.2. The van der Waals surface area contributed by atoms with Crippen LogP contribution in [-0.4, -0.2) is 35.8 Å². The second-order valence-corrected chi connectivity index (χ2v) is 9.24. The number of hydrogen-bond donors (Lipinski definition) is 0. The molecule has 3 aromatic rings. The van der Waals surface area contributed by atoms with Gasteiger partial charge in [-0.3, -0.25) is 0 Å². The molecule has 1 amide bonds. The van der Waals surface area contributed by atoms with Gasteiger partial charge in [-0.25, -0.2) is 4.79 Å². The van der Waals surface area contributed by atoms with E-state index in [0.717, 1.165) is 35.7 Å². The first-order chi connectivity index (χ1) is 15.9. The maximum atomic E-state index is 12.4. The van der Waals surface area contributed by atoms with E-state index >= 15 is 0 Å². The molecule has 0 N–H and O–H groups in total. The van der Waals surface area contributed by atoms with Gasteiger partial charge in [0.15, 0.2) is 0 Å². The zero-order valence-corrected chi connectivity index (χ0v) is 19.5. The third kappa shape index (κ3) is 6.28. The molecule has 5 heteroatoms. The largest absolute Gasteiger partial charge is 0.491 e. The Morgan fingerprint density at radius 1 is 0.848 bits per heavy atom. The Kier molecular flexibility index (Phi) is 6.87. The van der Waals surface area contributed by atoms with E-state index in [2.05, 4.69) is 24.3 Å². The van der Waals surface area contributed by atoms with Crippen molar-refractivity contribution in [3.05, 3.63) is 78.9 Å². The molecule has 1 unspecified atom stereocenters. The van der Waals surface area contributed by atoms with Crippen molar-refractivity contribution in [2.24, 2.45) is 0 Å². The van der Waals surface area contributed by atoms with Crippen molar-refractivity contribution in [1.82, 2.24) is 4.90 Å². The minimum atomic E-state index is -0.497. The van der Waals surface area contributed by atoms with E-state index in [9.17, 15) is 4.79 Å². The lowest BCUT2D eigenvalue weighted by atomic mass is 10.1. The van der Waals surface area contributed by atoms with Crippen LogP contribution in [-0.2, 0) is 4.74 Å². The van der Waals surface area contributed by atoms with Crippen molar-refractivity contribution in [1.29, 1.82) is 0 Å². The number of ether oxygens (including phenoxy) is 3. The van der Waals surface area contributed by atoms with Gasteiger partial charge < -0.3 is 19.1 Å². The third-order valence-electron chi connectivity index (χ3n) is 5.47. The average molecular weight is 446 g/mol. The van der Waals surface area contributed by atoms with Crippen LogP contribution in [0.4, 0.5) is 4.79 Å². The number of carbonyl (C=O) groups excluding carboxylic acids is 1. The van der Waals surface area contributed by atoms with E-state index in [0.29, 0.717) is 13.2 Å². The van der Waals surface area contributed by atoms with E-state index in [-0.39, 0.29) is 12.1 Å². The quantitative estimate of drug-likeness (QED) is 0.413. The molecule has 0 spiro atoms. The van der Waals surface area contributed by atoms with Crippen molar-refractivity contribution in [2.45, 2.75) is 45.3 Å². The molecule has 0 saturated carbocycles. The number of benzene rings is 3. The molecule has 1 saturated heterocycles. The molecule has 0 aromatic heterocycles. The van der Waals surface area contributed by atoms with E-state index in [1.54, 1.807) is 4.90 Å². The highest BCUT2D eigenvalue weighted by molar-refractivity contribution is 5.69. The summed E-state index contributed by atoms with van der Waals surface area (Å²) in [6.45, 7) is 6.80. The summed E-state index contributed by atoms with van der Waals surface area (Å²) >= 11 is 0. The lowest BCUT2D eigenvalue weighted by Crippen LogP contribution is -2.42. The summed E-state index contributed by atoms with van der Waals surface area (Å²) in [5.74, 6) is 2.27. The first-order valence-electron chi connectivity index (χ1n) is 11.4. The number of likely N-dealkylation sites (tertiary alicyclic amines) is 1. The van der Waals surface area contributed by atoms with Gasteiger partial charge in [0.25, 0.3) is 0 Å². The lowest BCUT2D eigenvalue weighted by Gasteiger charge is -2.28. The highest BCUT2D eigenvalue weighted by Gasteiger charge is 2.32. The number of rotatable bonds is 6. The maximum Gasteiger partial charge on any atom is 0.410 e. The van der Waals surface area contributed by atoms with E-state index in [1.165, 1.54) is 5.56 Å². The van der Waals surface area contributed by atoms with Gasteiger partial charge in [0.1, 0.15) is 29.5 Å². The third-order valence-corrected chi connectivity index (χ3v) is 5.47. The molecular formula is C28H31NO4. The number of hydrogen-bond acceptors (Lipinski definition) is 4. The predicted octanol–water partition coefficient (Wildman–Crippen LogP) is 6.92. The molecule has 5 nitrogen and oxygen atoms in total. The zero-order valence-electron chi connectivity index (χ0n) is 19.5. The van der Waals surface area contributed by atoms with Gasteiger partial charge in [-0.15, -0.1) is 0 Å². The Hall–Kier alpha value is -3.47. The van der Waals surface area contributed by atoms with Gasteiger partial charge in [-0.2, -0.15) is 0 Å². The highest BCUT2D eigenvalue weighted by Crippen LogP contribution is 2.28. The first-order valence-corrected chi connectivity index (χ1v) is 11.4. The van der Waals surface area contributed by atoms with E-state index < -0.39 is 5.60 Å². The molecule has 33 heavy (non-hydrogen) atoms. The lowest BCUT2D eigenvalue weighted by molar-refractivity contribution is 0.0187. The summed E-state index contributed by atoms with van der Waals surface area (Å²) in [6.07, 6.45) is 1.61. The smallest absolute Gasteiger partial charge is 0.410 e. The molecule has 1 atom stereocenters. The van der Waals surface area contributed by atoms with Crippen LogP contribution in [0.3, 0.4) is 0 Å². The van der Waals surface area contributed by atoms with Crippen LogP contribution < -0.4 is 9.47 Å². The van der Waals surface area contributed by atoms with Crippen molar-refractivity contribution in [2.75, 3.05) is 13.2 Å². The summed E-state index contributed by atoms with van der Waals surface area (Å²) in [6, 6.07) is 25.9. The van der Waals surface area contributed by atoms with Gasteiger partial charge in [0.05, 0.1) is 6.04 Å². The monoisotopic (exact) mass is 445 g/mol. The number of carbonyl (C=O) groups is 1. The number of amides is 1. The van der Waals surface area contributed by atoms with Crippen molar-refractivity contribution in [3.63, 3.8) is 0 Å². The van der Waals surface area contributed by atoms with Crippen LogP contribution in [0, 0.1) is 0 Å². The number of nitrogens with zero attached hydrogens (tertiary/aromatic N) is 1. The van der Waals surface area contributed by atoms with Crippen molar-refractivity contribution >= 4 is 6.09 Å². The van der Waals surface area contributed by atoms with E-state index in [1.807, 2.05) is 75.4 Å². The molecule has 172 valence electrons. The SMILES string of the molecule is CC(C)(C)OC(=O)N1CCCC1COc1ccc(Oc2ccc(-c3ccccc3)cc2)cc1. The van der Waals surface area contributed by atoms with Gasteiger partial charge in [-0.1, -0.05) is 42.5 Å². The summed E-state index contributed by atoms with van der Waals surface area (Å²) in [5.41, 5.74) is 1.83. The predicted molar refractivity (Wildman–Crippen MR) is 130 cm³/mol. The Bertz CT molecular complexity index is 1040. The van der Waals surface area contributed by atoms with Crippen molar-refractivity contribution < 1.29 is 19.0 Å². The minimum absolute atomic E-state index is 0.0268. The van der Waals surface area contributed by atoms with Crippen LogP contribution in [0.1, 0.15) is 33.6 Å². The fraction of sp³-hybridized carbons (Fsp3) is 0.321. The highest BCUT2D eigenvalue weighted by atomic mass is 16.6. The molecule has 0 bridgehead atoms. The zero-order chi connectivity index (χ0) is 23.3. The van der Waals surface area contributed by atoms with Gasteiger partial charge >= 0.3 is 6.09 Å². The van der Waals surface area contributed by atoms with E-state index in [4.69, 9.17) is 14.2 Å². The molecule has 3 aromatic carbocycles. The van der Waals surface area contributed by atoms with Crippen LogP contribution in [0.15, 0.2) is 78.9 Å². The second-order valence-electron chi connectivity index (χ2n) is 9.24. The summed E-state index contributed by atoms with van der Waals surface area (Å²) < 4.78 is 17.5. The molecule has 0 radical (unpaired) electrons. The van der Waals surface area contributed by atoms with Crippen molar-refractivity contribution in [3.8, 4) is 28.4 Å². The second kappa shape index (κ2) is 9.99. The Morgan fingerprint density at radius 3 is 2.06 bits per heavy atom. The first kappa shape index (κ1) is 22.7. The molecule has 4 rings (SSSR count). The normalized spacial score (nSPS) is 15.8. The standard InChI is InChI=1S/C28H31NO4/c1-28(2,3)33-27(30)29-19-7-10-23(29)20-31-24-15-17-26(18-16-24)32-25-13-11-22(12-14-25)21-8-5-4-6-9-21/h4-6,8-9,11-18,23H,7,10,19-20H2,1-3H3. The maximum absolute atomic E-state index is 12.4. The minimum Gasteiger partial charge on any atom is -0.491 e. The fourth-order valence-corrected chi connectivity index (χ4v) is 3.85. The Morgan fingerprint density at radius 2 is 1.42 bits per heavy atom. The summed E-state index contributed by atoms with van der Waals surface area (Å²) in [5, 5.41) is 0. The van der Waals surface area contributed by atoms with Crippen LogP contribution in [0.25, 0.3) is 11.1 Å². The summed E-state index contributed by atoms with van der Waals surface area (Å²) in [7, 11) is 0. The molecule has 1 aliphatic rings. The van der Waals surface area contributed by atoms with Crippen LogP contribution in [0.2, 0.25) is 0 Å². The van der Waals surface area contributed by atoms with Gasteiger partial charge in [0, 0.05) is 6.54 Å². The van der Waals surface area contributed by atoms with Gasteiger partial charge in [-0.05, 0) is 81.1 Å². The Labute approximate surface area is 195 Å². The molecular weight excluding hydrogens is 414 g/mol.